The van der Waals surface area contributed by atoms with Gasteiger partial charge in [0, 0.05) is 5.56 Å². The fraction of sp³-hybridized carbons (Fsp3) is 0.273. The zero-order valence-electron chi connectivity index (χ0n) is 16.3. The normalized spacial score (nSPS) is 15.0. The van der Waals surface area contributed by atoms with E-state index in [2.05, 4.69) is 4.74 Å². The highest BCUT2D eigenvalue weighted by molar-refractivity contribution is 6.15. The molecule has 28 heavy (non-hydrogen) atoms. The average Bonchev–Trinajstić information content (AvgIpc) is 3.01. The number of allylic oxidation sites excluding steroid dienone is 1. The molecule has 1 aliphatic rings. The SMILES string of the molecule is CCOc1ccc(/C=C2\Oc3c(ccc(OC(C)C(=O)OC)c3C)C2=O)cc1. The van der Waals surface area contributed by atoms with Crippen LogP contribution in [0.5, 0.6) is 17.2 Å². The first kappa shape index (κ1) is 19.5. The standard InChI is InChI=1S/C22H22O6/c1-5-26-16-8-6-15(7-9-16)12-19-20(23)17-10-11-18(13(2)21(17)28-19)27-14(3)22(24)25-4/h6-12,14H,5H2,1-4H3/b19-12-. The second-order valence-electron chi connectivity index (χ2n) is 6.29. The van der Waals surface area contributed by atoms with Gasteiger partial charge in [-0.05, 0) is 56.7 Å². The topological polar surface area (TPSA) is 71.1 Å². The molecule has 3 rings (SSSR count). The van der Waals surface area contributed by atoms with E-state index in [0.717, 1.165) is 11.3 Å². The van der Waals surface area contributed by atoms with Gasteiger partial charge in [0.15, 0.2) is 11.9 Å². The van der Waals surface area contributed by atoms with E-state index < -0.39 is 12.1 Å². The van der Waals surface area contributed by atoms with Crippen molar-refractivity contribution in [2.24, 2.45) is 0 Å². The molecule has 0 bridgehead atoms. The molecule has 6 nitrogen and oxygen atoms in total. The summed E-state index contributed by atoms with van der Waals surface area (Å²) >= 11 is 0. The van der Waals surface area contributed by atoms with Gasteiger partial charge in [-0.3, -0.25) is 4.79 Å². The highest BCUT2D eigenvalue weighted by Crippen LogP contribution is 2.39. The molecule has 0 radical (unpaired) electrons. The van der Waals surface area contributed by atoms with E-state index in [-0.39, 0.29) is 11.5 Å². The van der Waals surface area contributed by atoms with E-state index >= 15 is 0 Å². The first-order valence-electron chi connectivity index (χ1n) is 8.99. The van der Waals surface area contributed by atoms with E-state index in [9.17, 15) is 9.59 Å². The fourth-order valence-electron chi connectivity index (χ4n) is 2.88. The van der Waals surface area contributed by atoms with Crippen LogP contribution in [0.4, 0.5) is 0 Å². The minimum Gasteiger partial charge on any atom is -0.494 e. The molecule has 1 atom stereocenters. The molecule has 0 N–H and O–H groups in total. The zero-order chi connectivity index (χ0) is 20.3. The van der Waals surface area contributed by atoms with E-state index in [0.29, 0.717) is 29.2 Å². The van der Waals surface area contributed by atoms with Crippen molar-refractivity contribution in [3.63, 3.8) is 0 Å². The van der Waals surface area contributed by atoms with Crippen LogP contribution in [-0.4, -0.2) is 31.6 Å². The number of esters is 1. The number of carbonyl (C=O) groups excluding carboxylic acids is 2. The molecule has 2 aromatic carbocycles. The molecule has 1 aliphatic heterocycles. The number of ether oxygens (including phenoxy) is 4. The van der Waals surface area contributed by atoms with Crippen molar-refractivity contribution in [3.05, 3.63) is 58.8 Å². The number of benzene rings is 2. The smallest absolute Gasteiger partial charge is 0.346 e. The molecule has 0 saturated carbocycles. The number of hydrogen-bond acceptors (Lipinski definition) is 6. The Balaban J connectivity index is 1.84. The van der Waals surface area contributed by atoms with Crippen LogP contribution in [0.2, 0.25) is 0 Å². The molecule has 1 unspecified atom stereocenters. The number of methoxy groups -OCH3 is 1. The maximum Gasteiger partial charge on any atom is 0.346 e. The molecule has 2 aromatic rings. The zero-order valence-corrected chi connectivity index (χ0v) is 16.3. The number of fused-ring (bicyclic) bond motifs is 1. The van der Waals surface area contributed by atoms with Gasteiger partial charge in [0.2, 0.25) is 5.78 Å². The van der Waals surface area contributed by atoms with Gasteiger partial charge in [0.1, 0.15) is 17.2 Å². The van der Waals surface area contributed by atoms with Crippen LogP contribution < -0.4 is 14.2 Å². The van der Waals surface area contributed by atoms with Crippen molar-refractivity contribution in [2.75, 3.05) is 13.7 Å². The van der Waals surface area contributed by atoms with Crippen molar-refractivity contribution in [1.29, 1.82) is 0 Å². The second kappa shape index (κ2) is 8.17. The summed E-state index contributed by atoms with van der Waals surface area (Å²) in [5.41, 5.74) is 1.94. The van der Waals surface area contributed by atoms with Crippen molar-refractivity contribution in [1.82, 2.24) is 0 Å². The Kier molecular flexibility index (Phi) is 5.68. The Labute approximate surface area is 163 Å². The van der Waals surface area contributed by atoms with Crippen molar-refractivity contribution in [2.45, 2.75) is 26.9 Å². The van der Waals surface area contributed by atoms with Crippen LogP contribution in [0.15, 0.2) is 42.2 Å². The molecule has 1 heterocycles. The van der Waals surface area contributed by atoms with Gasteiger partial charge in [-0.1, -0.05) is 12.1 Å². The van der Waals surface area contributed by atoms with Crippen LogP contribution in [0.3, 0.4) is 0 Å². The highest BCUT2D eigenvalue weighted by atomic mass is 16.6. The lowest BCUT2D eigenvalue weighted by molar-refractivity contribution is -0.147. The monoisotopic (exact) mass is 382 g/mol. The summed E-state index contributed by atoms with van der Waals surface area (Å²) in [6.07, 6.45) is 0.924. The number of carbonyl (C=O) groups is 2. The predicted molar refractivity (Wildman–Crippen MR) is 104 cm³/mol. The molecule has 0 spiro atoms. The van der Waals surface area contributed by atoms with Crippen LogP contribution in [-0.2, 0) is 9.53 Å². The number of ketones is 1. The van der Waals surface area contributed by atoms with Crippen LogP contribution in [0, 0.1) is 6.92 Å². The van der Waals surface area contributed by atoms with Crippen molar-refractivity contribution >= 4 is 17.8 Å². The third kappa shape index (κ3) is 3.86. The largest absolute Gasteiger partial charge is 0.494 e. The number of rotatable bonds is 6. The summed E-state index contributed by atoms with van der Waals surface area (Å²) in [5, 5.41) is 0. The Morgan fingerprint density at radius 2 is 1.89 bits per heavy atom. The van der Waals surface area contributed by atoms with Crippen LogP contribution >= 0.6 is 0 Å². The average molecular weight is 382 g/mol. The summed E-state index contributed by atoms with van der Waals surface area (Å²) in [6.45, 7) is 5.90. The van der Waals surface area contributed by atoms with E-state index in [4.69, 9.17) is 14.2 Å². The van der Waals surface area contributed by atoms with Crippen LogP contribution in [0.1, 0.15) is 35.3 Å². The minimum atomic E-state index is -0.766. The van der Waals surface area contributed by atoms with Gasteiger partial charge in [-0.15, -0.1) is 0 Å². The third-order valence-corrected chi connectivity index (χ3v) is 4.36. The molecular formula is C22H22O6. The summed E-state index contributed by atoms with van der Waals surface area (Å²) in [7, 11) is 1.30. The van der Waals surface area contributed by atoms with Gasteiger partial charge in [-0.2, -0.15) is 0 Å². The lowest BCUT2D eigenvalue weighted by Crippen LogP contribution is -2.25. The van der Waals surface area contributed by atoms with E-state index in [1.165, 1.54) is 7.11 Å². The molecule has 146 valence electrons. The summed E-state index contributed by atoms with van der Waals surface area (Å²) in [5.74, 6) is 1.24. The van der Waals surface area contributed by atoms with Gasteiger partial charge >= 0.3 is 5.97 Å². The van der Waals surface area contributed by atoms with Gasteiger partial charge < -0.3 is 18.9 Å². The Bertz CT molecular complexity index is 927. The van der Waals surface area contributed by atoms with Gasteiger partial charge in [0.05, 0.1) is 19.3 Å². The molecule has 0 aliphatic carbocycles. The number of Topliss-reactive ketones (excluding diaryl/α,β-unsaturated/α-hetero) is 1. The summed E-state index contributed by atoms with van der Waals surface area (Å²) in [4.78, 5) is 24.3. The quantitative estimate of drug-likeness (QED) is 0.556. The Hall–Kier alpha value is -3.28. The molecule has 0 fully saturated rings. The van der Waals surface area contributed by atoms with Crippen molar-refractivity contribution < 1.29 is 28.5 Å². The highest BCUT2D eigenvalue weighted by Gasteiger charge is 2.30. The molecular weight excluding hydrogens is 360 g/mol. The van der Waals surface area contributed by atoms with Crippen LogP contribution in [0.25, 0.3) is 6.08 Å². The first-order chi connectivity index (χ1) is 13.4. The predicted octanol–water partition coefficient (Wildman–Crippen LogP) is 3.95. The Morgan fingerprint density at radius 1 is 1.18 bits per heavy atom. The molecule has 0 saturated heterocycles. The number of hydrogen-bond donors (Lipinski definition) is 0. The lowest BCUT2D eigenvalue weighted by Gasteiger charge is -2.15. The molecule has 0 amide bonds. The van der Waals surface area contributed by atoms with Crippen molar-refractivity contribution in [3.8, 4) is 17.2 Å². The fourth-order valence-corrected chi connectivity index (χ4v) is 2.88. The van der Waals surface area contributed by atoms with Gasteiger partial charge in [0.25, 0.3) is 0 Å². The maximum absolute atomic E-state index is 12.7. The maximum atomic E-state index is 12.7. The summed E-state index contributed by atoms with van der Waals surface area (Å²) < 4.78 is 21.6. The molecule has 6 heteroatoms. The third-order valence-electron chi connectivity index (χ3n) is 4.36. The first-order valence-corrected chi connectivity index (χ1v) is 8.99. The lowest BCUT2D eigenvalue weighted by atomic mass is 10.1. The van der Waals surface area contributed by atoms with E-state index in [1.807, 2.05) is 31.2 Å². The Morgan fingerprint density at radius 3 is 2.54 bits per heavy atom. The summed E-state index contributed by atoms with van der Waals surface area (Å²) in [6, 6.07) is 10.7. The van der Waals surface area contributed by atoms with Gasteiger partial charge in [-0.25, -0.2) is 4.79 Å². The molecule has 0 aromatic heterocycles. The second-order valence-corrected chi connectivity index (χ2v) is 6.29. The van der Waals surface area contributed by atoms with E-state index in [1.54, 1.807) is 32.1 Å². The minimum absolute atomic E-state index is 0.195.